The molecule has 2 heterocycles. The standard InChI is InChI=1S/C17H23ClN2/c1-13(2)20-12-14(11-19-8-4-3-5-9-19)16-7-6-15(18)10-17(16)20/h6-7,10,12-13H,3-5,8-9,11H2,1-2H3. The number of halogens is 1. The van der Waals surface area contributed by atoms with Crippen molar-refractivity contribution < 1.29 is 0 Å². The third kappa shape index (κ3) is 2.72. The lowest BCUT2D eigenvalue weighted by atomic mass is 10.1. The third-order valence-corrected chi connectivity index (χ3v) is 4.51. The van der Waals surface area contributed by atoms with Gasteiger partial charge in [0.25, 0.3) is 0 Å². The lowest BCUT2D eigenvalue weighted by molar-refractivity contribution is 0.221. The van der Waals surface area contributed by atoms with Gasteiger partial charge in [-0.3, -0.25) is 4.90 Å². The number of nitrogens with zero attached hydrogens (tertiary/aromatic N) is 2. The first-order valence-electron chi connectivity index (χ1n) is 7.66. The zero-order chi connectivity index (χ0) is 14.1. The second-order valence-corrected chi connectivity index (χ2v) is 6.59. The molecule has 3 heteroatoms. The van der Waals surface area contributed by atoms with Crippen LogP contribution in [0.25, 0.3) is 10.9 Å². The zero-order valence-corrected chi connectivity index (χ0v) is 13.2. The normalized spacial score (nSPS) is 17.2. The van der Waals surface area contributed by atoms with Gasteiger partial charge in [-0.1, -0.05) is 24.1 Å². The number of aromatic nitrogens is 1. The minimum atomic E-state index is 0.464. The van der Waals surface area contributed by atoms with Crippen molar-refractivity contribution in [3.05, 3.63) is 35.0 Å². The van der Waals surface area contributed by atoms with Gasteiger partial charge in [0.2, 0.25) is 0 Å². The minimum absolute atomic E-state index is 0.464. The Bertz CT molecular complexity index is 594. The fraction of sp³-hybridized carbons (Fsp3) is 0.529. The van der Waals surface area contributed by atoms with E-state index < -0.39 is 0 Å². The average Bonchev–Trinajstić information content (AvgIpc) is 2.78. The van der Waals surface area contributed by atoms with Crippen LogP contribution in [0.3, 0.4) is 0 Å². The SMILES string of the molecule is CC(C)n1cc(CN2CCCCC2)c2ccc(Cl)cc21. The number of hydrogen-bond acceptors (Lipinski definition) is 1. The number of rotatable bonds is 3. The molecule has 1 aliphatic rings. The fourth-order valence-corrected chi connectivity index (χ4v) is 3.37. The van der Waals surface area contributed by atoms with Gasteiger partial charge < -0.3 is 4.57 Å². The molecule has 1 saturated heterocycles. The zero-order valence-electron chi connectivity index (χ0n) is 12.4. The van der Waals surface area contributed by atoms with E-state index in [1.807, 2.05) is 6.07 Å². The van der Waals surface area contributed by atoms with Gasteiger partial charge in [0.1, 0.15) is 0 Å². The van der Waals surface area contributed by atoms with E-state index in [4.69, 9.17) is 11.6 Å². The summed E-state index contributed by atoms with van der Waals surface area (Å²) in [5.41, 5.74) is 2.70. The molecule has 1 aromatic heterocycles. The second kappa shape index (κ2) is 5.79. The van der Waals surface area contributed by atoms with E-state index in [0.717, 1.165) is 11.6 Å². The molecule has 20 heavy (non-hydrogen) atoms. The highest BCUT2D eigenvalue weighted by Crippen LogP contribution is 2.28. The second-order valence-electron chi connectivity index (χ2n) is 6.15. The summed E-state index contributed by atoms with van der Waals surface area (Å²) in [4.78, 5) is 2.58. The third-order valence-electron chi connectivity index (χ3n) is 4.28. The highest BCUT2D eigenvalue weighted by atomic mass is 35.5. The lowest BCUT2D eigenvalue weighted by Gasteiger charge is -2.26. The number of likely N-dealkylation sites (tertiary alicyclic amines) is 1. The number of hydrogen-bond donors (Lipinski definition) is 0. The van der Waals surface area contributed by atoms with Crippen LogP contribution < -0.4 is 0 Å². The quantitative estimate of drug-likeness (QED) is 0.783. The Labute approximate surface area is 126 Å². The van der Waals surface area contributed by atoms with Crippen LogP contribution in [-0.4, -0.2) is 22.6 Å². The van der Waals surface area contributed by atoms with Crippen LogP contribution in [0.4, 0.5) is 0 Å². The monoisotopic (exact) mass is 290 g/mol. The van der Waals surface area contributed by atoms with Gasteiger partial charge in [0.05, 0.1) is 5.52 Å². The van der Waals surface area contributed by atoms with Crippen LogP contribution in [0.2, 0.25) is 5.02 Å². The molecule has 3 rings (SSSR count). The molecule has 1 fully saturated rings. The molecule has 2 nitrogen and oxygen atoms in total. The predicted octanol–water partition coefficient (Wildman–Crippen LogP) is 4.86. The van der Waals surface area contributed by atoms with Crippen LogP contribution in [0.15, 0.2) is 24.4 Å². The summed E-state index contributed by atoms with van der Waals surface area (Å²) < 4.78 is 2.35. The molecule has 2 aromatic rings. The van der Waals surface area contributed by atoms with Gasteiger partial charge in [0.15, 0.2) is 0 Å². The van der Waals surface area contributed by atoms with Crippen LogP contribution >= 0.6 is 11.6 Å². The van der Waals surface area contributed by atoms with E-state index in [2.05, 4.69) is 41.6 Å². The molecule has 108 valence electrons. The van der Waals surface area contributed by atoms with Crippen molar-refractivity contribution >= 4 is 22.5 Å². The first-order chi connectivity index (χ1) is 9.65. The molecule has 0 atom stereocenters. The molecule has 0 unspecified atom stereocenters. The maximum atomic E-state index is 6.17. The largest absolute Gasteiger partial charge is 0.345 e. The summed E-state index contributed by atoms with van der Waals surface area (Å²) in [5, 5.41) is 2.18. The van der Waals surface area contributed by atoms with Gasteiger partial charge in [-0.2, -0.15) is 0 Å². The fourth-order valence-electron chi connectivity index (χ4n) is 3.21. The van der Waals surface area contributed by atoms with Gasteiger partial charge in [0, 0.05) is 29.2 Å². The van der Waals surface area contributed by atoms with Crippen LogP contribution in [-0.2, 0) is 6.54 Å². The van der Waals surface area contributed by atoms with Gasteiger partial charge in [-0.15, -0.1) is 0 Å². The first kappa shape index (κ1) is 14.0. The van der Waals surface area contributed by atoms with Crippen LogP contribution in [0.5, 0.6) is 0 Å². The Morgan fingerprint density at radius 2 is 1.90 bits per heavy atom. The summed E-state index contributed by atoms with van der Waals surface area (Å²) >= 11 is 6.17. The van der Waals surface area contributed by atoms with E-state index in [0.29, 0.717) is 6.04 Å². The van der Waals surface area contributed by atoms with Gasteiger partial charge in [-0.05, 0) is 57.5 Å². The Hall–Kier alpha value is -0.990. The van der Waals surface area contributed by atoms with Crippen molar-refractivity contribution in [3.63, 3.8) is 0 Å². The van der Waals surface area contributed by atoms with Crippen molar-refractivity contribution in [3.8, 4) is 0 Å². The summed E-state index contributed by atoms with van der Waals surface area (Å²) in [7, 11) is 0. The maximum absolute atomic E-state index is 6.17. The van der Waals surface area contributed by atoms with Crippen molar-refractivity contribution in [1.82, 2.24) is 9.47 Å². The first-order valence-corrected chi connectivity index (χ1v) is 8.04. The number of benzene rings is 1. The van der Waals surface area contributed by atoms with Crippen molar-refractivity contribution in [2.45, 2.75) is 45.7 Å². The molecule has 1 aliphatic heterocycles. The molecule has 0 saturated carbocycles. The maximum Gasteiger partial charge on any atom is 0.0501 e. The topological polar surface area (TPSA) is 8.17 Å². The van der Waals surface area contributed by atoms with Crippen molar-refractivity contribution in [2.24, 2.45) is 0 Å². The molecule has 0 N–H and O–H groups in total. The molecular weight excluding hydrogens is 268 g/mol. The molecule has 0 amide bonds. The lowest BCUT2D eigenvalue weighted by Crippen LogP contribution is -2.28. The summed E-state index contributed by atoms with van der Waals surface area (Å²) in [6, 6.07) is 6.74. The van der Waals surface area contributed by atoms with Crippen molar-refractivity contribution in [1.29, 1.82) is 0 Å². The Balaban J connectivity index is 1.97. The van der Waals surface area contributed by atoms with E-state index in [-0.39, 0.29) is 0 Å². The van der Waals surface area contributed by atoms with E-state index >= 15 is 0 Å². The van der Waals surface area contributed by atoms with Crippen LogP contribution in [0.1, 0.15) is 44.7 Å². The van der Waals surface area contributed by atoms with E-state index in [9.17, 15) is 0 Å². The Morgan fingerprint density at radius 1 is 1.15 bits per heavy atom. The number of fused-ring (bicyclic) bond motifs is 1. The molecule has 1 aromatic carbocycles. The Morgan fingerprint density at radius 3 is 2.60 bits per heavy atom. The molecule has 0 radical (unpaired) electrons. The molecule has 0 aliphatic carbocycles. The highest BCUT2D eigenvalue weighted by Gasteiger charge is 2.15. The van der Waals surface area contributed by atoms with Crippen LogP contribution in [0, 0.1) is 0 Å². The molecular formula is C17H23ClN2. The van der Waals surface area contributed by atoms with E-state index in [1.165, 1.54) is 48.8 Å². The predicted molar refractivity (Wildman–Crippen MR) is 86.5 cm³/mol. The smallest absolute Gasteiger partial charge is 0.0501 e. The summed E-state index contributed by atoms with van der Waals surface area (Å²) in [5.74, 6) is 0. The van der Waals surface area contributed by atoms with Crippen molar-refractivity contribution in [2.75, 3.05) is 13.1 Å². The minimum Gasteiger partial charge on any atom is -0.345 e. The Kier molecular flexibility index (Phi) is 4.04. The van der Waals surface area contributed by atoms with E-state index in [1.54, 1.807) is 0 Å². The van der Waals surface area contributed by atoms with Gasteiger partial charge in [-0.25, -0.2) is 0 Å². The number of piperidine rings is 1. The molecule has 0 spiro atoms. The summed E-state index contributed by atoms with van der Waals surface area (Å²) in [6.45, 7) is 8.00. The average molecular weight is 291 g/mol. The molecule has 0 bridgehead atoms. The highest BCUT2D eigenvalue weighted by molar-refractivity contribution is 6.31. The van der Waals surface area contributed by atoms with Gasteiger partial charge >= 0.3 is 0 Å². The summed E-state index contributed by atoms with van der Waals surface area (Å²) in [6.07, 6.45) is 6.39.